The van der Waals surface area contributed by atoms with E-state index in [4.69, 9.17) is 4.98 Å². The summed E-state index contributed by atoms with van der Waals surface area (Å²) in [6.45, 7) is 2.92. The van der Waals surface area contributed by atoms with Crippen LogP contribution in [0.25, 0.3) is 10.9 Å². The van der Waals surface area contributed by atoms with E-state index in [9.17, 15) is 4.79 Å². The van der Waals surface area contributed by atoms with E-state index in [1.54, 1.807) is 0 Å². The van der Waals surface area contributed by atoms with Crippen molar-refractivity contribution in [2.75, 3.05) is 19.8 Å². The van der Waals surface area contributed by atoms with Gasteiger partial charge in [0, 0.05) is 11.4 Å². The van der Waals surface area contributed by atoms with Gasteiger partial charge in [0.15, 0.2) is 0 Å². The van der Waals surface area contributed by atoms with Gasteiger partial charge in [-0.05, 0) is 38.9 Å². The lowest BCUT2D eigenvalue weighted by Crippen LogP contribution is -2.41. The first-order valence-corrected chi connectivity index (χ1v) is 10.3. The molecule has 1 aliphatic rings. The molecule has 1 fully saturated rings. The Morgan fingerprint density at radius 2 is 2.00 bits per heavy atom. The van der Waals surface area contributed by atoms with Crippen molar-refractivity contribution in [2.45, 2.75) is 50.2 Å². The Morgan fingerprint density at radius 3 is 2.77 bits per heavy atom. The first-order chi connectivity index (χ1) is 12.5. The minimum absolute atomic E-state index is 0.102. The van der Waals surface area contributed by atoms with Crippen molar-refractivity contribution in [3.63, 3.8) is 0 Å². The van der Waals surface area contributed by atoms with Crippen LogP contribution in [0.15, 0.2) is 29.3 Å². The lowest BCUT2D eigenvalue weighted by Gasteiger charge is -2.29. The van der Waals surface area contributed by atoms with E-state index in [0.29, 0.717) is 24.3 Å². The molecule has 0 bridgehead atoms. The zero-order valence-corrected chi connectivity index (χ0v) is 16.7. The first-order valence-electron chi connectivity index (χ1n) is 9.35. The summed E-state index contributed by atoms with van der Waals surface area (Å²) in [6.07, 6.45) is 4.81. The molecule has 0 radical (unpaired) electrons. The molecule has 1 heterocycles. The maximum Gasteiger partial charge on any atom is 0.230 e. The van der Waals surface area contributed by atoms with Gasteiger partial charge < -0.3 is 10.2 Å². The highest BCUT2D eigenvalue weighted by Crippen LogP contribution is 2.26. The summed E-state index contributed by atoms with van der Waals surface area (Å²) in [7, 11) is 4.01. The molecule has 1 amide bonds. The molecule has 6 heteroatoms. The van der Waals surface area contributed by atoms with Gasteiger partial charge >= 0.3 is 0 Å². The number of amides is 1. The van der Waals surface area contributed by atoms with Crippen LogP contribution in [0.3, 0.4) is 0 Å². The summed E-state index contributed by atoms with van der Waals surface area (Å²) < 4.78 is 0. The van der Waals surface area contributed by atoms with Gasteiger partial charge in [-0.15, -0.1) is 0 Å². The molecule has 1 aromatic carbocycles. The van der Waals surface area contributed by atoms with Gasteiger partial charge in [-0.1, -0.05) is 49.7 Å². The highest BCUT2D eigenvalue weighted by atomic mass is 32.2. The second-order valence-electron chi connectivity index (χ2n) is 7.42. The molecule has 1 aromatic heterocycles. The van der Waals surface area contributed by atoms with Crippen LogP contribution in [0.5, 0.6) is 0 Å². The van der Waals surface area contributed by atoms with E-state index in [1.807, 2.05) is 38.4 Å². The number of aromatic nitrogens is 2. The van der Waals surface area contributed by atoms with Gasteiger partial charge in [-0.3, -0.25) is 4.79 Å². The van der Waals surface area contributed by atoms with Crippen LogP contribution in [0.4, 0.5) is 0 Å². The van der Waals surface area contributed by atoms with Crippen molar-refractivity contribution < 1.29 is 4.79 Å². The third-order valence-corrected chi connectivity index (χ3v) is 5.86. The molecular formula is C20H28N4OS. The van der Waals surface area contributed by atoms with E-state index in [-0.39, 0.29) is 5.91 Å². The fraction of sp³-hybridized carbons (Fsp3) is 0.550. The molecule has 2 aromatic rings. The van der Waals surface area contributed by atoms with Crippen LogP contribution in [-0.4, -0.2) is 46.7 Å². The van der Waals surface area contributed by atoms with Crippen molar-refractivity contribution >= 4 is 28.6 Å². The van der Waals surface area contributed by atoms with Gasteiger partial charge in [-0.25, -0.2) is 9.97 Å². The second kappa shape index (κ2) is 8.82. The summed E-state index contributed by atoms with van der Waals surface area (Å²) in [4.78, 5) is 23.8. The van der Waals surface area contributed by atoms with Gasteiger partial charge in [0.2, 0.25) is 5.91 Å². The second-order valence-corrected chi connectivity index (χ2v) is 8.39. The Morgan fingerprint density at radius 1 is 1.23 bits per heavy atom. The largest absolute Gasteiger partial charge is 0.352 e. The van der Waals surface area contributed by atoms with Crippen molar-refractivity contribution in [1.82, 2.24) is 20.2 Å². The highest BCUT2D eigenvalue weighted by molar-refractivity contribution is 8.00. The number of hydrogen-bond acceptors (Lipinski definition) is 5. The summed E-state index contributed by atoms with van der Waals surface area (Å²) >= 11 is 1.51. The molecule has 140 valence electrons. The monoisotopic (exact) mass is 372 g/mol. The zero-order chi connectivity index (χ0) is 18.5. The zero-order valence-electron chi connectivity index (χ0n) is 15.9. The predicted molar refractivity (Wildman–Crippen MR) is 107 cm³/mol. The number of fused-ring (bicyclic) bond motifs is 1. The SMILES string of the molecule is CC1CCCCC1NC(=O)CSc1nc(CN(C)C)nc2ccccc12. The van der Waals surface area contributed by atoms with Crippen LogP contribution in [0.1, 0.15) is 38.4 Å². The molecule has 0 spiro atoms. The summed E-state index contributed by atoms with van der Waals surface area (Å²) in [6, 6.07) is 8.33. The maximum atomic E-state index is 12.4. The van der Waals surface area contributed by atoms with Crippen LogP contribution in [0, 0.1) is 5.92 Å². The average Bonchev–Trinajstić information content (AvgIpc) is 2.61. The Bertz CT molecular complexity index is 765. The average molecular weight is 373 g/mol. The number of rotatable bonds is 6. The minimum Gasteiger partial charge on any atom is -0.352 e. The molecule has 1 N–H and O–H groups in total. The predicted octanol–water partition coefficient (Wildman–Crippen LogP) is 3.48. The van der Waals surface area contributed by atoms with Gasteiger partial charge in [0.05, 0.1) is 17.8 Å². The smallest absolute Gasteiger partial charge is 0.230 e. The fourth-order valence-electron chi connectivity index (χ4n) is 3.47. The van der Waals surface area contributed by atoms with Crippen LogP contribution < -0.4 is 5.32 Å². The Kier molecular flexibility index (Phi) is 6.48. The van der Waals surface area contributed by atoms with Gasteiger partial charge in [-0.2, -0.15) is 0 Å². The van der Waals surface area contributed by atoms with Crippen molar-refractivity contribution in [1.29, 1.82) is 0 Å². The fourth-order valence-corrected chi connectivity index (χ4v) is 4.32. The third kappa shape index (κ3) is 4.95. The number of nitrogens with one attached hydrogen (secondary N) is 1. The summed E-state index contributed by atoms with van der Waals surface area (Å²) in [5, 5.41) is 5.12. The van der Waals surface area contributed by atoms with Crippen LogP contribution in [-0.2, 0) is 11.3 Å². The summed E-state index contributed by atoms with van der Waals surface area (Å²) in [5.74, 6) is 1.86. The third-order valence-electron chi connectivity index (χ3n) is 4.87. The molecular weight excluding hydrogens is 344 g/mol. The van der Waals surface area contributed by atoms with Crippen molar-refractivity contribution in [3.8, 4) is 0 Å². The Hall–Kier alpha value is -1.66. The Balaban J connectivity index is 1.70. The Labute approximate surface area is 160 Å². The van der Waals surface area contributed by atoms with Gasteiger partial charge in [0.1, 0.15) is 10.9 Å². The number of nitrogens with zero attached hydrogens (tertiary/aromatic N) is 3. The maximum absolute atomic E-state index is 12.4. The van der Waals surface area contributed by atoms with Gasteiger partial charge in [0.25, 0.3) is 0 Å². The van der Waals surface area contributed by atoms with Crippen LogP contribution >= 0.6 is 11.8 Å². The molecule has 1 saturated carbocycles. The minimum atomic E-state index is 0.102. The lowest BCUT2D eigenvalue weighted by molar-refractivity contribution is -0.119. The van der Waals surface area contributed by atoms with E-state index >= 15 is 0 Å². The van der Waals surface area contributed by atoms with Crippen molar-refractivity contribution in [2.24, 2.45) is 5.92 Å². The quantitative estimate of drug-likeness (QED) is 0.621. The van der Waals surface area contributed by atoms with E-state index in [2.05, 4.69) is 22.1 Å². The number of hydrogen-bond donors (Lipinski definition) is 1. The molecule has 0 saturated heterocycles. The number of carbonyl (C=O) groups is 1. The highest BCUT2D eigenvalue weighted by Gasteiger charge is 2.23. The molecule has 2 unspecified atom stereocenters. The molecule has 5 nitrogen and oxygen atoms in total. The number of para-hydroxylation sites is 1. The molecule has 2 atom stereocenters. The van der Waals surface area contributed by atoms with Crippen LogP contribution in [0.2, 0.25) is 0 Å². The van der Waals surface area contributed by atoms with Crippen molar-refractivity contribution in [3.05, 3.63) is 30.1 Å². The normalized spacial score (nSPS) is 20.5. The molecule has 26 heavy (non-hydrogen) atoms. The molecule has 3 rings (SSSR count). The topological polar surface area (TPSA) is 58.1 Å². The number of thioether (sulfide) groups is 1. The van der Waals surface area contributed by atoms with E-state index < -0.39 is 0 Å². The van der Waals surface area contributed by atoms with E-state index in [1.165, 1.54) is 31.0 Å². The summed E-state index contributed by atoms with van der Waals surface area (Å²) in [5.41, 5.74) is 0.933. The standard InChI is InChI=1S/C20H28N4OS/c1-14-8-4-6-10-16(14)22-19(25)13-26-20-15-9-5-7-11-17(15)21-18(23-20)12-24(2)3/h5,7,9,11,14,16H,4,6,8,10,12-13H2,1-3H3,(H,22,25). The lowest BCUT2D eigenvalue weighted by atomic mass is 9.86. The molecule has 0 aliphatic heterocycles. The molecule has 1 aliphatic carbocycles. The number of carbonyl (C=O) groups excluding carboxylic acids is 1. The van der Waals surface area contributed by atoms with E-state index in [0.717, 1.165) is 28.2 Å². The first kappa shape index (κ1) is 19.1. The number of benzene rings is 1.